The highest BCUT2D eigenvalue weighted by molar-refractivity contribution is 7.16. The van der Waals surface area contributed by atoms with Crippen LogP contribution in [0.1, 0.15) is 47.9 Å². The van der Waals surface area contributed by atoms with Gasteiger partial charge in [0.25, 0.3) is 11.5 Å². The zero-order valence-corrected chi connectivity index (χ0v) is 19.7. The Kier molecular flexibility index (Phi) is 7.42. The fourth-order valence-electron chi connectivity index (χ4n) is 4.11. The third-order valence-electron chi connectivity index (χ3n) is 5.64. The minimum Gasteiger partial charge on any atom is -0.376 e. The molecule has 2 heterocycles. The standard InChI is InChI=1S/C23H25ClN4O4S/c1-13(29)26-18-6-5-15(8-18)10-32-11-16-12-33-23-19(16)21(30)27-20(28-23)22(31)25-9-14-3-2-4-17(24)7-14/h2-4,7,12,15,18H,5-6,8-11H2,1H3,(H,25,31)(H,26,29)(H,27,28,30). The smallest absolute Gasteiger partial charge is 0.287 e. The Morgan fingerprint density at radius 1 is 1.33 bits per heavy atom. The maximum Gasteiger partial charge on any atom is 0.287 e. The lowest BCUT2D eigenvalue weighted by atomic mass is 10.1. The maximum absolute atomic E-state index is 12.7. The first-order chi connectivity index (χ1) is 15.9. The number of carbonyl (C=O) groups excluding carboxylic acids is 2. The van der Waals surface area contributed by atoms with Gasteiger partial charge in [-0.3, -0.25) is 14.4 Å². The van der Waals surface area contributed by atoms with Crippen molar-refractivity contribution in [1.29, 1.82) is 0 Å². The lowest BCUT2D eigenvalue weighted by Gasteiger charge is -2.12. The van der Waals surface area contributed by atoms with Crippen LogP contribution in [-0.2, 0) is 22.7 Å². The molecule has 3 aromatic rings. The van der Waals surface area contributed by atoms with Crippen LogP contribution in [0, 0.1) is 5.92 Å². The lowest BCUT2D eigenvalue weighted by Crippen LogP contribution is -2.30. The van der Waals surface area contributed by atoms with Crippen LogP contribution in [0.4, 0.5) is 0 Å². The Balaban J connectivity index is 1.35. The number of carbonyl (C=O) groups is 2. The fourth-order valence-corrected chi connectivity index (χ4v) is 5.25. The summed E-state index contributed by atoms with van der Waals surface area (Å²) in [6.45, 7) is 2.68. The number of nitrogens with one attached hydrogen (secondary N) is 3. The molecule has 1 saturated carbocycles. The van der Waals surface area contributed by atoms with Crippen molar-refractivity contribution in [3.63, 3.8) is 0 Å². The van der Waals surface area contributed by atoms with Crippen LogP contribution < -0.4 is 16.2 Å². The molecule has 33 heavy (non-hydrogen) atoms. The quantitative estimate of drug-likeness (QED) is 0.450. The average Bonchev–Trinajstić information content (AvgIpc) is 3.39. The van der Waals surface area contributed by atoms with Gasteiger partial charge in [-0.25, -0.2) is 4.98 Å². The van der Waals surface area contributed by atoms with Crippen molar-refractivity contribution in [2.75, 3.05) is 6.61 Å². The van der Waals surface area contributed by atoms with E-state index < -0.39 is 5.91 Å². The summed E-state index contributed by atoms with van der Waals surface area (Å²) in [6.07, 6.45) is 2.87. The highest BCUT2D eigenvalue weighted by atomic mass is 35.5. The number of hydrogen-bond acceptors (Lipinski definition) is 6. The molecule has 4 rings (SSSR count). The van der Waals surface area contributed by atoms with E-state index in [4.69, 9.17) is 16.3 Å². The number of ether oxygens (including phenoxy) is 1. The Labute approximate surface area is 199 Å². The molecule has 0 radical (unpaired) electrons. The predicted octanol–water partition coefficient (Wildman–Crippen LogP) is 3.39. The minimum atomic E-state index is -0.463. The van der Waals surface area contributed by atoms with Crippen LogP contribution in [0.5, 0.6) is 0 Å². The van der Waals surface area contributed by atoms with Gasteiger partial charge in [-0.05, 0) is 48.3 Å². The van der Waals surface area contributed by atoms with E-state index in [-0.39, 0.29) is 29.9 Å². The average molecular weight is 489 g/mol. The Hall–Kier alpha value is -2.75. The van der Waals surface area contributed by atoms with Gasteiger partial charge < -0.3 is 20.4 Å². The number of aromatic nitrogens is 2. The number of aromatic amines is 1. The molecule has 3 N–H and O–H groups in total. The van der Waals surface area contributed by atoms with Gasteiger partial charge in [0.1, 0.15) is 4.83 Å². The van der Waals surface area contributed by atoms with Gasteiger partial charge in [-0.2, -0.15) is 0 Å². The monoisotopic (exact) mass is 488 g/mol. The molecule has 1 aromatic carbocycles. The fraction of sp³-hybridized carbons (Fsp3) is 0.391. The Morgan fingerprint density at radius 2 is 2.18 bits per heavy atom. The predicted molar refractivity (Wildman–Crippen MR) is 127 cm³/mol. The molecule has 1 fully saturated rings. The highest BCUT2D eigenvalue weighted by Crippen LogP contribution is 2.27. The van der Waals surface area contributed by atoms with Gasteiger partial charge in [-0.1, -0.05) is 23.7 Å². The first-order valence-electron chi connectivity index (χ1n) is 10.8. The molecule has 0 saturated heterocycles. The molecular weight excluding hydrogens is 464 g/mol. The van der Waals surface area contributed by atoms with Gasteiger partial charge >= 0.3 is 0 Å². The maximum atomic E-state index is 12.7. The Bertz CT molecular complexity index is 1220. The number of thiophene rings is 1. The second-order valence-electron chi connectivity index (χ2n) is 8.26. The van der Waals surface area contributed by atoms with Crippen molar-refractivity contribution in [2.45, 2.75) is 45.4 Å². The van der Waals surface area contributed by atoms with Crippen LogP contribution >= 0.6 is 22.9 Å². The van der Waals surface area contributed by atoms with Gasteiger partial charge in [0.05, 0.1) is 12.0 Å². The molecular formula is C23H25ClN4O4S. The van der Waals surface area contributed by atoms with Gasteiger partial charge in [0.15, 0.2) is 0 Å². The van der Waals surface area contributed by atoms with E-state index in [0.717, 1.165) is 30.4 Å². The summed E-state index contributed by atoms with van der Waals surface area (Å²) in [6, 6.07) is 7.39. The summed E-state index contributed by atoms with van der Waals surface area (Å²) in [5, 5.41) is 8.58. The largest absolute Gasteiger partial charge is 0.376 e. The second-order valence-corrected chi connectivity index (χ2v) is 9.55. The molecule has 174 valence electrons. The summed E-state index contributed by atoms with van der Waals surface area (Å²) >= 11 is 7.28. The SMILES string of the molecule is CC(=O)NC1CCC(COCc2csc3nc(C(=O)NCc4cccc(Cl)c4)[nH]c(=O)c23)C1. The summed E-state index contributed by atoms with van der Waals surface area (Å²) in [4.78, 5) is 43.8. The summed E-state index contributed by atoms with van der Waals surface area (Å²) < 4.78 is 5.88. The summed E-state index contributed by atoms with van der Waals surface area (Å²) in [5.41, 5.74) is 1.24. The zero-order valence-electron chi connectivity index (χ0n) is 18.2. The molecule has 2 atom stereocenters. The summed E-state index contributed by atoms with van der Waals surface area (Å²) in [5.74, 6) is -0.109. The van der Waals surface area contributed by atoms with Gasteiger partial charge in [-0.15, -0.1) is 11.3 Å². The van der Waals surface area contributed by atoms with Crippen molar-refractivity contribution in [3.8, 4) is 0 Å². The normalized spacial score (nSPS) is 17.9. The minimum absolute atomic E-state index is 0.00412. The number of fused-ring (bicyclic) bond motifs is 1. The number of H-pyrrole nitrogens is 1. The van der Waals surface area contributed by atoms with E-state index in [9.17, 15) is 14.4 Å². The van der Waals surface area contributed by atoms with Crippen LogP contribution in [-0.4, -0.2) is 34.4 Å². The number of amides is 2. The first-order valence-corrected chi connectivity index (χ1v) is 12.0. The molecule has 1 aliphatic carbocycles. The van der Waals surface area contributed by atoms with Crippen LogP contribution in [0.25, 0.3) is 10.2 Å². The number of hydrogen-bond donors (Lipinski definition) is 3. The number of halogens is 1. The van der Waals surface area contributed by atoms with Crippen LogP contribution in [0.2, 0.25) is 5.02 Å². The third kappa shape index (κ3) is 5.98. The van der Waals surface area contributed by atoms with Gasteiger partial charge in [0, 0.05) is 36.7 Å². The van der Waals surface area contributed by atoms with Crippen LogP contribution in [0.15, 0.2) is 34.4 Å². The van der Waals surface area contributed by atoms with E-state index in [1.807, 2.05) is 11.4 Å². The molecule has 2 amide bonds. The lowest BCUT2D eigenvalue weighted by molar-refractivity contribution is -0.119. The molecule has 2 aromatic heterocycles. The van der Waals surface area contributed by atoms with Gasteiger partial charge in [0.2, 0.25) is 11.7 Å². The number of rotatable bonds is 8. The topological polar surface area (TPSA) is 113 Å². The molecule has 0 aliphatic heterocycles. The van der Waals surface area contributed by atoms with E-state index >= 15 is 0 Å². The Morgan fingerprint density at radius 3 is 2.97 bits per heavy atom. The number of nitrogens with zero attached hydrogens (tertiary/aromatic N) is 1. The van der Waals surface area contributed by atoms with Crippen LogP contribution in [0.3, 0.4) is 0 Å². The molecule has 1 aliphatic rings. The third-order valence-corrected chi connectivity index (χ3v) is 6.79. The molecule has 8 nitrogen and oxygen atoms in total. The second kappa shape index (κ2) is 10.5. The molecule has 0 spiro atoms. The molecule has 0 bridgehead atoms. The van der Waals surface area contributed by atoms with Crippen molar-refractivity contribution in [2.24, 2.45) is 5.92 Å². The van der Waals surface area contributed by atoms with Crippen molar-refractivity contribution in [1.82, 2.24) is 20.6 Å². The van der Waals surface area contributed by atoms with E-state index in [2.05, 4.69) is 20.6 Å². The molecule has 10 heteroatoms. The highest BCUT2D eigenvalue weighted by Gasteiger charge is 2.25. The summed E-state index contributed by atoms with van der Waals surface area (Å²) in [7, 11) is 0. The number of benzene rings is 1. The van der Waals surface area contributed by atoms with Crippen molar-refractivity contribution < 1.29 is 14.3 Å². The first kappa shape index (κ1) is 23.4. The van der Waals surface area contributed by atoms with Crippen molar-refractivity contribution >= 4 is 45.0 Å². The van der Waals surface area contributed by atoms with E-state index in [0.29, 0.717) is 34.4 Å². The van der Waals surface area contributed by atoms with Crippen molar-refractivity contribution in [3.05, 3.63) is 62.0 Å². The molecule has 2 unspecified atom stereocenters. The zero-order chi connectivity index (χ0) is 23.4. The van der Waals surface area contributed by atoms with E-state index in [1.165, 1.54) is 18.3 Å². The van der Waals surface area contributed by atoms with E-state index in [1.54, 1.807) is 18.2 Å².